The van der Waals surface area contributed by atoms with Gasteiger partial charge in [-0.3, -0.25) is 4.79 Å². The van der Waals surface area contributed by atoms with Crippen LogP contribution in [0.4, 0.5) is 4.79 Å². The maximum absolute atomic E-state index is 11.3. The van der Waals surface area contributed by atoms with Gasteiger partial charge in [-0.15, -0.1) is 12.4 Å². The maximum atomic E-state index is 11.3. The van der Waals surface area contributed by atoms with Gasteiger partial charge >= 0.3 is 12.1 Å². The Hall–Kier alpha value is -1.01. The number of nitrogens with one attached hydrogen (secondary N) is 1. The molecule has 114 valence electrons. The first-order valence-electron chi connectivity index (χ1n) is 6.06. The molecule has 0 radical (unpaired) electrons. The monoisotopic (exact) mass is 296 g/mol. The molecule has 0 aromatic carbocycles. The van der Waals surface area contributed by atoms with E-state index in [9.17, 15) is 9.59 Å². The standard InChI is InChI=1S/C12H24N2O4.ClH/c1-12(2,3)18-11(16)14-8-6-5-7-9(13)10(15)17-4;/h9H,5-8,13H2,1-4H3,(H,14,16);1H. The summed E-state index contributed by atoms with van der Waals surface area (Å²) in [5.41, 5.74) is 5.08. The molecule has 0 saturated carbocycles. The van der Waals surface area contributed by atoms with Gasteiger partial charge in [0.2, 0.25) is 0 Å². The molecular weight excluding hydrogens is 272 g/mol. The van der Waals surface area contributed by atoms with Gasteiger partial charge in [-0.1, -0.05) is 0 Å². The largest absolute Gasteiger partial charge is 0.468 e. The zero-order valence-electron chi connectivity index (χ0n) is 12.0. The molecule has 0 aliphatic carbocycles. The number of unbranched alkanes of at least 4 members (excludes halogenated alkanes) is 1. The quantitative estimate of drug-likeness (QED) is 0.574. The summed E-state index contributed by atoms with van der Waals surface area (Å²) in [6.07, 6.45) is 1.60. The van der Waals surface area contributed by atoms with Gasteiger partial charge in [0.15, 0.2) is 0 Å². The lowest BCUT2D eigenvalue weighted by Crippen LogP contribution is -2.33. The highest BCUT2D eigenvalue weighted by Gasteiger charge is 2.16. The molecule has 0 aliphatic heterocycles. The van der Waals surface area contributed by atoms with Crippen LogP contribution < -0.4 is 11.1 Å². The Balaban J connectivity index is 0. The molecule has 1 atom stereocenters. The van der Waals surface area contributed by atoms with Crippen LogP contribution in [0.2, 0.25) is 0 Å². The SMILES string of the molecule is COC(=O)C(N)CCCCNC(=O)OC(C)(C)C.Cl. The summed E-state index contributed by atoms with van der Waals surface area (Å²) in [5.74, 6) is -0.407. The average Bonchev–Trinajstić information content (AvgIpc) is 2.24. The topological polar surface area (TPSA) is 90.6 Å². The second-order valence-electron chi connectivity index (χ2n) is 5.05. The number of hydrogen-bond donors (Lipinski definition) is 2. The fourth-order valence-corrected chi connectivity index (χ4v) is 1.26. The highest BCUT2D eigenvalue weighted by atomic mass is 35.5. The van der Waals surface area contributed by atoms with Crippen molar-refractivity contribution < 1.29 is 19.1 Å². The minimum absolute atomic E-state index is 0. The molecule has 6 nitrogen and oxygen atoms in total. The first kappa shape index (κ1) is 20.3. The highest BCUT2D eigenvalue weighted by molar-refractivity contribution is 5.85. The fraction of sp³-hybridized carbons (Fsp3) is 0.833. The van der Waals surface area contributed by atoms with Crippen molar-refractivity contribution in [3.05, 3.63) is 0 Å². The summed E-state index contributed by atoms with van der Waals surface area (Å²) in [6.45, 7) is 5.93. The van der Waals surface area contributed by atoms with Crippen molar-refractivity contribution in [2.24, 2.45) is 5.73 Å². The third-order valence-corrected chi connectivity index (χ3v) is 2.11. The minimum atomic E-state index is -0.587. The molecule has 0 aromatic heterocycles. The van der Waals surface area contributed by atoms with Gasteiger partial charge in [0.05, 0.1) is 7.11 Å². The van der Waals surface area contributed by atoms with E-state index in [4.69, 9.17) is 10.5 Å². The minimum Gasteiger partial charge on any atom is -0.468 e. The lowest BCUT2D eigenvalue weighted by atomic mass is 10.1. The molecule has 7 heteroatoms. The zero-order valence-corrected chi connectivity index (χ0v) is 12.8. The van der Waals surface area contributed by atoms with E-state index in [0.29, 0.717) is 13.0 Å². The van der Waals surface area contributed by atoms with Crippen molar-refractivity contribution in [2.75, 3.05) is 13.7 Å². The van der Waals surface area contributed by atoms with E-state index < -0.39 is 23.7 Å². The maximum Gasteiger partial charge on any atom is 0.407 e. The Morgan fingerprint density at radius 3 is 2.32 bits per heavy atom. The molecule has 1 amide bonds. The molecule has 0 aromatic rings. The highest BCUT2D eigenvalue weighted by Crippen LogP contribution is 2.06. The first-order chi connectivity index (χ1) is 8.26. The van der Waals surface area contributed by atoms with Crippen LogP contribution >= 0.6 is 12.4 Å². The van der Waals surface area contributed by atoms with E-state index >= 15 is 0 Å². The van der Waals surface area contributed by atoms with Crippen LogP contribution in [-0.4, -0.2) is 37.4 Å². The van der Waals surface area contributed by atoms with Gasteiger partial charge in [0.1, 0.15) is 11.6 Å². The van der Waals surface area contributed by atoms with Crippen LogP contribution in [0.25, 0.3) is 0 Å². The van der Waals surface area contributed by atoms with E-state index in [0.717, 1.165) is 12.8 Å². The summed E-state index contributed by atoms with van der Waals surface area (Å²) < 4.78 is 9.58. The number of nitrogens with two attached hydrogens (primary N) is 1. The average molecular weight is 297 g/mol. The number of carbonyl (C=O) groups is 2. The van der Waals surface area contributed by atoms with Gasteiger partial charge < -0.3 is 20.5 Å². The van der Waals surface area contributed by atoms with E-state index in [1.165, 1.54) is 7.11 Å². The zero-order chi connectivity index (χ0) is 14.2. The summed E-state index contributed by atoms with van der Waals surface area (Å²) in [4.78, 5) is 22.3. The van der Waals surface area contributed by atoms with Crippen molar-refractivity contribution in [2.45, 2.75) is 51.7 Å². The number of methoxy groups -OCH3 is 1. The van der Waals surface area contributed by atoms with Crippen LogP contribution in [0.1, 0.15) is 40.0 Å². The lowest BCUT2D eigenvalue weighted by Gasteiger charge is -2.19. The van der Waals surface area contributed by atoms with E-state index in [-0.39, 0.29) is 12.4 Å². The normalized spacial score (nSPS) is 12.1. The summed E-state index contributed by atoms with van der Waals surface area (Å²) in [5, 5.41) is 2.64. The van der Waals surface area contributed by atoms with E-state index in [2.05, 4.69) is 10.1 Å². The van der Waals surface area contributed by atoms with Gasteiger partial charge in [0, 0.05) is 6.54 Å². The second kappa shape index (κ2) is 9.86. The molecule has 0 bridgehead atoms. The molecule has 0 rings (SSSR count). The Morgan fingerprint density at radius 1 is 1.26 bits per heavy atom. The lowest BCUT2D eigenvalue weighted by molar-refractivity contribution is -0.142. The van der Waals surface area contributed by atoms with Crippen molar-refractivity contribution >= 4 is 24.5 Å². The van der Waals surface area contributed by atoms with Crippen molar-refractivity contribution in [1.82, 2.24) is 5.32 Å². The molecular formula is C12H25ClN2O4. The molecule has 0 aliphatic rings. The van der Waals surface area contributed by atoms with Crippen LogP contribution in [0.5, 0.6) is 0 Å². The van der Waals surface area contributed by atoms with Crippen molar-refractivity contribution in [1.29, 1.82) is 0 Å². The molecule has 1 unspecified atom stereocenters. The van der Waals surface area contributed by atoms with Gasteiger partial charge in [-0.05, 0) is 40.0 Å². The second-order valence-corrected chi connectivity index (χ2v) is 5.05. The molecule has 0 fully saturated rings. The third kappa shape index (κ3) is 11.8. The predicted molar refractivity (Wildman–Crippen MR) is 75.3 cm³/mol. The van der Waals surface area contributed by atoms with Crippen molar-refractivity contribution in [3.63, 3.8) is 0 Å². The number of carbonyl (C=O) groups excluding carboxylic acids is 2. The van der Waals surface area contributed by atoms with Gasteiger partial charge in [0.25, 0.3) is 0 Å². The Bertz CT molecular complexity index is 279. The Morgan fingerprint density at radius 2 is 1.84 bits per heavy atom. The Kier molecular flexibility index (Phi) is 10.5. The number of halogens is 1. The van der Waals surface area contributed by atoms with Crippen LogP contribution in [0.3, 0.4) is 0 Å². The summed E-state index contributed by atoms with van der Waals surface area (Å²) in [7, 11) is 1.31. The van der Waals surface area contributed by atoms with Crippen LogP contribution in [0, 0.1) is 0 Å². The molecule has 19 heavy (non-hydrogen) atoms. The number of rotatable bonds is 6. The van der Waals surface area contributed by atoms with Gasteiger partial charge in [-0.25, -0.2) is 4.79 Å². The van der Waals surface area contributed by atoms with Gasteiger partial charge in [-0.2, -0.15) is 0 Å². The predicted octanol–water partition coefficient (Wildman–Crippen LogP) is 1.60. The molecule has 3 N–H and O–H groups in total. The number of alkyl carbamates (subject to hydrolysis) is 1. The van der Waals surface area contributed by atoms with E-state index in [1.807, 2.05) is 20.8 Å². The molecule has 0 spiro atoms. The summed E-state index contributed by atoms with van der Waals surface area (Å²) in [6, 6.07) is -0.587. The van der Waals surface area contributed by atoms with Crippen molar-refractivity contribution in [3.8, 4) is 0 Å². The number of amides is 1. The smallest absolute Gasteiger partial charge is 0.407 e. The van der Waals surface area contributed by atoms with Crippen LogP contribution in [-0.2, 0) is 14.3 Å². The first-order valence-corrected chi connectivity index (χ1v) is 6.06. The Labute approximate surface area is 120 Å². The summed E-state index contributed by atoms with van der Waals surface area (Å²) >= 11 is 0. The third-order valence-electron chi connectivity index (χ3n) is 2.11. The number of esters is 1. The number of ether oxygens (including phenoxy) is 2. The molecule has 0 heterocycles. The van der Waals surface area contributed by atoms with E-state index in [1.54, 1.807) is 0 Å². The fourth-order valence-electron chi connectivity index (χ4n) is 1.26. The molecule has 0 saturated heterocycles. The number of hydrogen-bond acceptors (Lipinski definition) is 5. The van der Waals surface area contributed by atoms with Crippen LogP contribution in [0.15, 0.2) is 0 Å².